The Bertz CT molecular complexity index is 628. The minimum absolute atomic E-state index is 0.171. The Kier molecular flexibility index (Phi) is 4.74. The van der Waals surface area contributed by atoms with Crippen LogP contribution < -0.4 is 9.47 Å². The highest BCUT2D eigenvalue weighted by molar-refractivity contribution is 9.10. The number of ether oxygens (including phenoxy) is 2. The summed E-state index contributed by atoms with van der Waals surface area (Å²) in [7, 11) is 1.53. The third kappa shape index (κ3) is 3.57. The van der Waals surface area contributed by atoms with E-state index in [9.17, 15) is 9.18 Å². The van der Waals surface area contributed by atoms with E-state index in [1.165, 1.54) is 25.3 Å². The SMILES string of the molecule is COc1cccc(C(=O)COc2cc(F)ccc2Br)c1. The zero-order chi connectivity index (χ0) is 14.5. The summed E-state index contributed by atoms with van der Waals surface area (Å²) in [5.41, 5.74) is 0.483. The molecule has 5 heteroatoms. The topological polar surface area (TPSA) is 35.5 Å². The van der Waals surface area contributed by atoms with Crippen LogP contribution in [0.5, 0.6) is 11.5 Å². The summed E-state index contributed by atoms with van der Waals surface area (Å²) in [6.07, 6.45) is 0. The van der Waals surface area contributed by atoms with Gasteiger partial charge in [0.1, 0.15) is 17.3 Å². The number of carbonyl (C=O) groups is 1. The fraction of sp³-hybridized carbons (Fsp3) is 0.133. The molecule has 0 amide bonds. The summed E-state index contributed by atoms with van der Waals surface area (Å²) in [5.74, 6) is 0.265. The maximum atomic E-state index is 13.1. The molecule has 0 spiro atoms. The van der Waals surface area contributed by atoms with E-state index < -0.39 is 5.82 Å². The Morgan fingerprint density at radius 3 is 2.80 bits per heavy atom. The Morgan fingerprint density at radius 2 is 2.05 bits per heavy atom. The quantitative estimate of drug-likeness (QED) is 0.776. The first-order valence-electron chi connectivity index (χ1n) is 5.85. The van der Waals surface area contributed by atoms with Gasteiger partial charge in [-0.2, -0.15) is 0 Å². The molecule has 104 valence electrons. The number of Topliss-reactive ketones (excluding diaryl/α,β-unsaturated/α-hetero) is 1. The monoisotopic (exact) mass is 338 g/mol. The van der Waals surface area contributed by atoms with Gasteiger partial charge in [0.15, 0.2) is 12.4 Å². The lowest BCUT2D eigenvalue weighted by Crippen LogP contribution is -2.12. The van der Waals surface area contributed by atoms with Crippen LogP contribution in [0.1, 0.15) is 10.4 Å². The van der Waals surface area contributed by atoms with E-state index in [0.29, 0.717) is 21.5 Å². The average Bonchev–Trinajstić information content (AvgIpc) is 2.48. The van der Waals surface area contributed by atoms with Gasteiger partial charge in [-0.25, -0.2) is 4.39 Å². The molecule has 2 aromatic carbocycles. The Morgan fingerprint density at radius 1 is 1.25 bits per heavy atom. The molecule has 3 nitrogen and oxygen atoms in total. The van der Waals surface area contributed by atoms with Crippen molar-refractivity contribution in [3.63, 3.8) is 0 Å². The number of ketones is 1. The highest BCUT2D eigenvalue weighted by Crippen LogP contribution is 2.25. The minimum atomic E-state index is -0.419. The lowest BCUT2D eigenvalue weighted by Gasteiger charge is -2.08. The molecule has 0 N–H and O–H groups in total. The third-order valence-corrected chi connectivity index (χ3v) is 3.30. The van der Waals surface area contributed by atoms with Crippen LogP contribution in [0.2, 0.25) is 0 Å². The molecule has 0 saturated carbocycles. The highest BCUT2D eigenvalue weighted by Gasteiger charge is 2.10. The minimum Gasteiger partial charge on any atom is -0.497 e. The Hall–Kier alpha value is -1.88. The van der Waals surface area contributed by atoms with Gasteiger partial charge in [-0.15, -0.1) is 0 Å². The van der Waals surface area contributed by atoms with Crippen LogP contribution in [-0.4, -0.2) is 19.5 Å². The number of rotatable bonds is 5. The lowest BCUT2D eigenvalue weighted by atomic mass is 10.1. The average molecular weight is 339 g/mol. The summed E-state index contributed by atoms with van der Waals surface area (Å²) >= 11 is 3.24. The predicted molar refractivity (Wildman–Crippen MR) is 76.9 cm³/mol. The van der Waals surface area contributed by atoms with Crippen LogP contribution >= 0.6 is 15.9 Å². The van der Waals surface area contributed by atoms with Crippen LogP contribution in [0.15, 0.2) is 46.9 Å². The van der Waals surface area contributed by atoms with Crippen LogP contribution in [0, 0.1) is 5.82 Å². The maximum Gasteiger partial charge on any atom is 0.200 e. The molecule has 0 aromatic heterocycles. The van der Waals surface area contributed by atoms with Gasteiger partial charge in [0.05, 0.1) is 11.6 Å². The molecule has 0 fully saturated rings. The Labute approximate surface area is 124 Å². The lowest BCUT2D eigenvalue weighted by molar-refractivity contribution is 0.0920. The summed E-state index contributed by atoms with van der Waals surface area (Å²) < 4.78 is 24.1. The smallest absolute Gasteiger partial charge is 0.200 e. The molecule has 0 saturated heterocycles. The number of methoxy groups -OCH3 is 1. The van der Waals surface area contributed by atoms with Gasteiger partial charge in [0, 0.05) is 11.6 Å². The van der Waals surface area contributed by atoms with E-state index in [-0.39, 0.29) is 12.4 Å². The van der Waals surface area contributed by atoms with Crippen LogP contribution in [0.3, 0.4) is 0 Å². The van der Waals surface area contributed by atoms with E-state index in [4.69, 9.17) is 9.47 Å². The van der Waals surface area contributed by atoms with E-state index in [2.05, 4.69) is 15.9 Å². The van der Waals surface area contributed by atoms with Gasteiger partial charge in [-0.1, -0.05) is 12.1 Å². The van der Waals surface area contributed by atoms with Gasteiger partial charge in [-0.3, -0.25) is 4.79 Å². The number of benzene rings is 2. The van der Waals surface area contributed by atoms with Crippen molar-refractivity contribution in [3.8, 4) is 11.5 Å². The van der Waals surface area contributed by atoms with Crippen LogP contribution in [0.25, 0.3) is 0 Å². The molecular formula is C15H12BrFO3. The molecule has 0 unspecified atom stereocenters. The van der Waals surface area contributed by atoms with Crippen LogP contribution in [-0.2, 0) is 0 Å². The zero-order valence-corrected chi connectivity index (χ0v) is 12.3. The number of hydrogen-bond donors (Lipinski definition) is 0. The first-order valence-corrected chi connectivity index (χ1v) is 6.64. The molecule has 0 atom stereocenters. The van der Waals surface area contributed by atoms with Crippen molar-refractivity contribution in [2.45, 2.75) is 0 Å². The summed E-state index contributed by atoms with van der Waals surface area (Å²) in [4.78, 5) is 12.0. The molecule has 0 radical (unpaired) electrons. The molecule has 0 aliphatic carbocycles. The number of carbonyl (C=O) groups excluding carboxylic acids is 1. The van der Waals surface area contributed by atoms with Gasteiger partial charge in [0.2, 0.25) is 0 Å². The summed E-state index contributed by atoms with van der Waals surface area (Å²) in [6.45, 7) is -0.171. The first kappa shape index (κ1) is 14.5. The van der Waals surface area contributed by atoms with Crippen molar-refractivity contribution in [2.75, 3.05) is 13.7 Å². The largest absolute Gasteiger partial charge is 0.497 e. The highest BCUT2D eigenvalue weighted by atomic mass is 79.9. The molecule has 0 heterocycles. The zero-order valence-electron chi connectivity index (χ0n) is 10.7. The molecule has 20 heavy (non-hydrogen) atoms. The second-order valence-electron chi connectivity index (χ2n) is 4.02. The number of hydrogen-bond acceptors (Lipinski definition) is 3. The van der Waals surface area contributed by atoms with Crippen molar-refractivity contribution in [2.24, 2.45) is 0 Å². The molecule has 2 rings (SSSR count). The molecule has 0 bridgehead atoms. The fourth-order valence-electron chi connectivity index (χ4n) is 1.61. The van der Waals surface area contributed by atoms with E-state index in [1.54, 1.807) is 24.3 Å². The predicted octanol–water partition coefficient (Wildman–Crippen LogP) is 3.86. The standard InChI is InChI=1S/C15H12BrFO3/c1-19-12-4-2-3-10(7-12)14(18)9-20-15-8-11(17)5-6-13(15)16/h2-8H,9H2,1H3. The molecule has 2 aromatic rings. The van der Waals surface area contributed by atoms with Gasteiger partial charge in [0.25, 0.3) is 0 Å². The van der Waals surface area contributed by atoms with Crippen molar-refractivity contribution >= 4 is 21.7 Å². The first-order chi connectivity index (χ1) is 9.60. The second kappa shape index (κ2) is 6.52. The van der Waals surface area contributed by atoms with Crippen molar-refractivity contribution in [1.29, 1.82) is 0 Å². The van der Waals surface area contributed by atoms with E-state index in [1.807, 2.05) is 0 Å². The number of halogens is 2. The molecule has 0 aliphatic rings. The third-order valence-electron chi connectivity index (χ3n) is 2.64. The molecule has 0 aliphatic heterocycles. The van der Waals surface area contributed by atoms with Gasteiger partial charge in [-0.05, 0) is 40.2 Å². The van der Waals surface area contributed by atoms with E-state index in [0.717, 1.165) is 0 Å². The summed E-state index contributed by atoms with van der Waals surface area (Å²) in [6, 6.07) is 10.8. The maximum absolute atomic E-state index is 13.1. The molecular weight excluding hydrogens is 327 g/mol. The van der Waals surface area contributed by atoms with Crippen molar-refractivity contribution < 1.29 is 18.7 Å². The summed E-state index contributed by atoms with van der Waals surface area (Å²) in [5, 5.41) is 0. The van der Waals surface area contributed by atoms with Gasteiger partial charge < -0.3 is 9.47 Å². The Balaban J connectivity index is 2.06. The van der Waals surface area contributed by atoms with Gasteiger partial charge >= 0.3 is 0 Å². The van der Waals surface area contributed by atoms with Crippen molar-refractivity contribution in [3.05, 3.63) is 58.3 Å². The fourth-order valence-corrected chi connectivity index (χ4v) is 1.97. The van der Waals surface area contributed by atoms with Crippen molar-refractivity contribution in [1.82, 2.24) is 0 Å². The second-order valence-corrected chi connectivity index (χ2v) is 4.87. The van der Waals surface area contributed by atoms with Crippen LogP contribution in [0.4, 0.5) is 4.39 Å². The normalized spacial score (nSPS) is 10.2. The van der Waals surface area contributed by atoms with E-state index >= 15 is 0 Å².